The minimum atomic E-state index is -5.10. The predicted molar refractivity (Wildman–Crippen MR) is 62.3 cm³/mol. The Balaban J connectivity index is 5.41. The lowest BCUT2D eigenvalue weighted by Gasteiger charge is -2.35. The molecular formula is C11H19F3N2O3. The van der Waals surface area contributed by atoms with E-state index < -0.39 is 29.0 Å². The van der Waals surface area contributed by atoms with E-state index in [1.54, 1.807) is 19.2 Å². The fourth-order valence-electron chi connectivity index (χ4n) is 1.56. The maximum atomic E-state index is 12.8. The molecule has 1 amide bonds. The van der Waals surface area contributed by atoms with Crippen molar-refractivity contribution in [3.05, 3.63) is 0 Å². The highest BCUT2D eigenvalue weighted by Gasteiger charge is 2.59. The van der Waals surface area contributed by atoms with Crippen LogP contribution < -0.4 is 11.1 Å². The molecule has 0 aliphatic carbocycles. The summed E-state index contributed by atoms with van der Waals surface area (Å²) < 4.78 is 38.4. The van der Waals surface area contributed by atoms with Gasteiger partial charge in [0.1, 0.15) is 0 Å². The Kier molecular flexibility index (Phi) is 5.37. The second-order valence-corrected chi connectivity index (χ2v) is 4.57. The summed E-state index contributed by atoms with van der Waals surface area (Å²) in [6.45, 7) is 3.49. The van der Waals surface area contributed by atoms with Crippen molar-refractivity contribution < 1.29 is 27.9 Å². The zero-order valence-electron chi connectivity index (χ0n) is 11.1. The van der Waals surface area contributed by atoms with Crippen LogP contribution in [0.4, 0.5) is 13.2 Å². The van der Waals surface area contributed by atoms with Gasteiger partial charge in [-0.15, -0.1) is 0 Å². The van der Waals surface area contributed by atoms with Gasteiger partial charge in [-0.25, -0.2) is 4.79 Å². The molecule has 4 N–H and O–H groups in total. The number of hydrogen-bond donors (Lipinski definition) is 3. The first kappa shape index (κ1) is 17.7. The molecule has 0 heterocycles. The van der Waals surface area contributed by atoms with Crippen molar-refractivity contribution in [1.29, 1.82) is 0 Å². The Labute approximate surface area is 109 Å². The van der Waals surface area contributed by atoms with Crippen LogP contribution in [-0.2, 0) is 9.59 Å². The lowest BCUT2D eigenvalue weighted by molar-refractivity contribution is -0.208. The molecule has 19 heavy (non-hydrogen) atoms. The highest BCUT2D eigenvalue weighted by molar-refractivity contribution is 5.90. The number of hydrogen-bond acceptors (Lipinski definition) is 3. The minimum absolute atomic E-state index is 0.153. The van der Waals surface area contributed by atoms with E-state index in [9.17, 15) is 22.8 Å². The zero-order chi connectivity index (χ0) is 15.5. The van der Waals surface area contributed by atoms with E-state index in [2.05, 4.69) is 0 Å². The molecule has 8 heteroatoms. The predicted octanol–water partition coefficient (Wildman–Crippen LogP) is 1.27. The molecule has 0 aliphatic heterocycles. The lowest BCUT2D eigenvalue weighted by Crippen LogP contribution is -2.64. The van der Waals surface area contributed by atoms with Crippen molar-refractivity contribution in [1.82, 2.24) is 5.32 Å². The zero-order valence-corrected chi connectivity index (χ0v) is 11.1. The number of carbonyl (C=O) groups is 2. The number of amides is 1. The lowest BCUT2D eigenvalue weighted by atomic mass is 9.80. The van der Waals surface area contributed by atoms with Gasteiger partial charge in [0, 0.05) is 6.54 Å². The second kappa shape index (κ2) is 5.77. The van der Waals surface area contributed by atoms with E-state index in [4.69, 9.17) is 10.8 Å². The Bertz CT molecular complexity index is 345. The van der Waals surface area contributed by atoms with Gasteiger partial charge in [-0.3, -0.25) is 4.79 Å². The summed E-state index contributed by atoms with van der Waals surface area (Å²) >= 11 is 0. The van der Waals surface area contributed by atoms with Gasteiger partial charge in [0.25, 0.3) is 0 Å². The van der Waals surface area contributed by atoms with Crippen molar-refractivity contribution in [2.75, 3.05) is 6.54 Å². The van der Waals surface area contributed by atoms with Crippen LogP contribution >= 0.6 is 0 Å². The molecule has 0 spiro atoms. The Morgan fingerprint density at radius 1 is 1.21 bits per heavy atom. The molecule has 1 atom stereocenters. The highest BCUT2D eigenvalue weighted by atomic mass is 19.4. The maximum absolute atomic E-state index is 12.8. The van der Waals surface area contributed by atoms with Gasteiger partial charge < -0.3 is 16.2 Å². The minimum Gasteiger partial charge on any atom is -0.479 e. The number of carboxylic acids is 1. The summed E-state index contributed by atoms with van der Waals surface area (Å²) in [6.07, 6.45) is -4.66. The number of alkyl halides is 3. The highest BCUT2D eigenvalue weighted by Crippen LogP contribution is 2.33. The summed E-state index contributed by atoms with van der Waals surface area (Å²) in [5, 5.41) is 10.3. The van der Waals surface area contributed by atoms with Crippen LogP contribution in [0.25, 0.3) is 0 Å². The molecule has 0 saturated carbocycles. The molecule has 1 unspecified atom stereocenters. The standard InChI is InChI=1S/C11H19F3N2O3/c1-4-10(5-2,6-15)7(17)16-9(3,8(18)19)11(12,13)14/h4-6,15H2,1-3H3,(H,16,17)(H,18,19). The molecule has 0 aromatic rings. The van der Waals surface area contributed by atoms with Crippen LogP contribution in [-0.4, -0.2) is 35.2 Å². The van der Waals surface area contributed by atoms with Crippen LogP contribution in [0, 0.1) is 5.41 Å². The number of aliphatic carboxylic acids is 1. The van der Waals surface area contributed by atoms with Crippen molar-refractivity contribution in [2.45, 2.75) is 45.3 Å². The number of nitrogens with two attached hydrogens (primary N) is 1. The molecular weight excluding hydrogens is 265 g/mol. The fraction of sp³-hybridized carbons (Fsp3) is 0.818. The SMILES string of the molecule is CCC(CC)(CN)C(=O)NC(C)(C(=O)O)C(F)(F)F. The van der Waals surface area contributed by atoms with Gasteiger partial charge >= 0.3 is 12.1 Å². The van der Waals surface area contributed by atoms with Gasteiger partial charge in [-0.1, -0.05) is 13.8 Å². The second-order valence-electron chi connectivity index (χ2n) is 4.57. The third-order valence-corrected chi connectivity index (χ3v) is 3.58. The molecule has 0 saturated heterocycles. The largest absolute Gasteiger partial charge is 0.479 e. The van der Waals surface area contributed by atoms with Crippen molar-refractivity contribution in [3.8, 4) is 0 Å². The van der Waals surface area contributed by atoms with Crippen LogP contribution in [0.5, 0.6) is 0 Å². The van der Waals surface area contributed by atoms with Crippen molar-refractivity contribution in [3.63, 3.8) is 0 Å². The smallest absolute Gasteiger partial charge is 0.422 e. The fourth-order valence-corrected chi connectivity index (χ4v) is 1.56. The van der Waals surface area contributed by atoms with Crippen LogP contribution in [0.15, 0.2) is 0 Å². The van der Waals surface area contributed by atoms with E-state index in [-0.39, 0.29) is 19.4 Å². The Morgan fingerprint density at radius 2 is 1.63 bits per heavy atom. The van der Waals surface area contributed by atoms with Gasteiger partial charge in [0.05, 0.1) is 5.41 Å². The van der Waals surface area contributed by atoms with Gasteiger partial charge in [0.15, 0.2) is 0 Å². The molecule has 0 fully saturated rings. The quantitative estimate of drug-likeness (QED) is 0.685. The summed E-state index contributed by atoms with van der Waals surface area (Å²) in [7, 11) is 0. The van der Waals surface area contributed by atoms with Crippen molar-refractivity contribution >= 4 is 11.9 Å². The van der Waals surface area contributed by atoms with E-state index in [1.165, 1.54) is 0 Å². The molecule has 0 bridgehead atoms. The molecule has 0 rings (SSSR count). The average Bonchev–Trinajstić information content (AvgIpc) is 2.30. The van der Waals surface area contributed by atoms with E-state index >= 15 is 0 Å². The van der Waals surface area contributed by atoms with Crippen LogP contribution in [0.2, 0.25) is 0 Å². The topological polar surface area (TPSA) is 92.4 Å². The molecule has 112 valence electrons. The number of carboxylic acid groups (broad SMARTS) is 1. The van der Waals surface area contributed by atoms with Gasteiger partial charge in [-0.05, 0) is 19.8 Å². The summed E-state index contributed by atoms with van der Waals surface area (Å²) in [6, 6.07) is 0. The first-order valence-electron chi connectivity index (χ1n) is 5.83. The average molecular weight is 284 g/mol. The Morgan fingerprint density at radius 3 is 1.84 bits per heavy atom. The summed E-state index contributed by atoms with van der Waals surface area (Å²) in [4.78, 5) is 22.8. The summed E-state index contributed by atoms with van der Waals surface area (Å²) in [5.74, 6) is -3.16. The summed E-state index contributed by atoms with van der Waals surface area (Å²) in [5.41, 5.74) is 0.927. The monoisotopic (exact) mass is 284 g/mol. The van der Waals surface area contributed by atoms with Gasteiger partial charge in [-0.2, -0.15) is 13.2 Å². The molecule has 0 aliphatic rings. The van der Waals surface area contributed by atoms with E-state index in [0.717, 1.165) is 0 Å². The number of carbonyl (C=O) groups excluding carboxylic acids is 1. The molecule has 0 aromatic heterocycles. The first-order valence-corrected chi connectivity index (χ1v) is 5.83. The van der Waals surface area contributed by atoms with Crippen LogP contribution in [0.3, 0.4) is 0 Å². The van der Waals surface area contributed by atoms with E-state index in [1.807, 2.05) is 0 Å². The van der Waals surface area contributed by atoms with Crippen LogP contribution in [0.1, 0.15) is 33.6 Å². The Hall–Kier alpha value is -1.31. The molecule has 5 nitrogen and oxygen atoms in total. The van der Waals surface area contributed by atoms with Gasteiger partial charge in [0.2, 0.25) is 11.4 Å². The number of halogens is 3. The molecule has 0 aromatic carbocycles. The number of rotatable bonds is 6. The maximum Gasteiger partial charge on any atom is 0.422 e. The van der Waals surface area contributed by atoms with Crippen molar-refractivity contribution in [2.24, 2.45) is 11.1 Å². The molecule has 0 radical (unpaired) electrons. The van der Waals surface area contributed by atoms with E-state index in [0.29, 0.717) is 6.92 Å². The normalized spacial score (nSPS) is 15.7. The first-order chi connectivity index (χ1) is 8.50. The number of nitrogens with one attached hydrogen (secondary N) is 1. The third kappa shape index (κ3) is 3.17. The third-order valence-electron chi connectivity index (χ3n) is 3.58.